The summed E-state index contributed by atoms with van der Waals surface area (Å²) in [4.78, 5) is 13.9. The highest BCUT2D eigenvalue weighted by Gasteiger charge is 2.31. The summed E-state index contributed by atoms with van der Waals surface area (Å²) in [6, 6.07) is 3.36. The number of carbonyl (C=O) groups is 1. The van der Waals surface area contributed by atoms with Crippen molar-refractivity contribution >= 4 is 29.9 Å². The number of aromatic nitrogens is 3. The summed E-state index contributed by atoms with van der Waals surface area (Å²) < 4.78 is 33.5. The first kappa shape index (κ1) is 22.7. The number of likely N-dealkylation sites (tertiary alicyclic amines) is 1. The number of hydrogen-bond donors (Lipinski definition) is 1. The number of aryl methyl sites for hydroxylation is 1. The van der Waals surface area contributed by atoms with Crippen molar-refractivity contribution in [3.8, 4) is 5.75 Å². The number of amides is 1. The molecule has 1 aromatic carbocycles. The van der Waals surface area contributed by atoms with Crippen LogP contribution in [0.1, 0.15) is 47.8 Å². The van der Waals surface area contributed by atoms with Gasteiger partial charge in [0, 0.05) is 37.1 Å². The number of benzene rings is 1. The van der Waals surface area contributed by atoms with E-state index in [4.69, 9.17) is 16.3 Å². The predicted octanol–water partition coefficient (Wildman–Crippen LogP) is 3.22. The van der Waals surface area contributed by atoms with E-state index < -0.39 is 6.43 Å². The van der Waals surface area contributed by atoms with Gasteiger partial charge in [0.25, 0.3) is 6.43 Å². The van der Waals surface area contributed by atoms with Crippen molar-refractivity contribution in [1.29, 1.82) is 0 Å². The molecule has 0 spiro atoms. The van der Waals surface area contributed by atoms with Crippen molar-refractivity contribution in [3.63, 3.8) is 0 Å². The van der Waals surface area contributed by atoms with Crippen molar-refractivity contribution in [2.24, 2.45) is 7.05 Å². The lowest BCUT2D eigenvalue weighted by molar-refractivity contribution is -0.128. The lowest BCUT2D eigenvalue weighted by Crippen LogP contribution is -2.39. The van der Waals surface area contributed by atoms with Crippen LogP contribution in [0.15, 0.2) is 12.1 Å². The monoisotopic (exact) mass is 461 g/mol. The Kier molecular flexibility index (Phi) is 7.15. The van der Waals surface area contributed by atoms with Crippen molar-refractivity contribution in [1.82, 2.24) is 25.2 Å². The normalized spacial score (nSPS) is 18.5. The summed E-state index contributed by atoms with van der Waals surface area (Å²) in [7, 11) is 1.43. The van der Waals surface area contributed by atoms with E-state index in [-0.39, 0.29) is 42.4 Å². The van der Waals surface area contributed by atoms with Gasteiger partial charge in [0.1, 0.15) is 23.7 Å². The third kappa shape index (κ3) is 4.38. The average molecular weight is 462 g/mol. The van der Waals surface area contributed by atoms with E-state index in [1.54, 1.807) is 12.1 Å². The second kappa shape index (κ2) is 9.45. The van der Waals surface area contributed by atoms with E-state index >= 15 is 0 Å². The third-order valence-electron chi connectivity index (χ3n) is 5.46. The molecule has 1 unspecified atom stereocenters. The Morgan fingerprint density at radius 3 is 2.87 bits per heavy atom. The average Bonchev–Trinajstić information content (AvgIpc) is 3.27. The van der Waals surface area contributed by atoms with E-state index in [0.29, 0.717) is 23.7 Å². The van der Waals surface area contributed by atoms with Crippen LogP contribution in [0.5, 0.6) is 5.75 Å². The van der Waals surface area contributed by atoms with Gasteiger partial charge in [-0.15, -0.1) is 17.5 Å². The maximum atomic E-state index is 13.3. The third-order valence-corrected chi connectivity index (χ3v) is 5.82. The van der Waals surface area contributed by atoms with Gasteiger partial charge in [-0.25, -0.2) is 13.5 Å². The van der Waals surface area contributed by atoms with Gasteiger partial charge in [-0.1, -0.05) is 16.8 Å². The van der Waals surface area contributed by atoms with Gasteiger partial charge in [-0.3, -0.25) is 4.79 Å². The summed E-state index contributed by atoms with van der Waals surface area (Å²) >= 11 is 6.42. The molecule has 11 heteroatoms. The van der Waals surface area contributed by atoms with Crippen LogP contribution in [-0.4, -0.2) is 45.4 Å². The van der Waals surface area contributed by atoms with Crippen LogP contribution in [0.2, 0.25) is 5.02 Å². The molecule has 1 amide bonds. The second-order valence-electron chi connectivity index (χ2n) is 7.27. The lowest BCUT2D eigenvalue weighted by atomic mass is 9.92. The first-order valence-electron chi connectivity index (χ1n) is 9.57. The molecule has 1 aromatic heterocycles. The molecule has 0 radical (unpaired) electrons. The fraction of sp³-hybridized carbons (Fsp3) is 0.526. The number of fused-ring (bicyclic) bond motifs is 1. The molecule has 2 aromatic rings. The molecular weight excluding hydrogens is 439 g/mol. The molecule has 0 saturated carbocycles. The number of rotatable bonds is 6. The van der Waals surface area contributed by atoms with Gasteiger partial charge in [0.05, 0.1) is 6.04 Å². The van der Waals surface area contributed by atoms with Crippen LogP contribution in [0.4, 0.5) is 8.78 Å². The van der Waals surface area contributed by atoms with Gasteiger partial charge < -0.3 is 15.0 Å². The number of carbonyl (C=O) groups excluding carboxylic acids is 1. The topological polar surface area (TPSA) is 72.3 Å². The molecule has 1 saturated heterocycles. The molecule has 2 aliphatic rings. The quantitative estimate of drug-likeness (QED) is 0.714. The number of alkyl halides is 2. The van der Waals surface area contributed by atoms with Crippen molar-refractivity contribution in [3.05, 3.63) is 39.7 Å². The molecule has 30 heavy (non-hydrogen) atoms. The van der Waals surface area contributed by atoms with E-state index in [0.717, 1.165) is 41.7 Å². The molecule has 164 valence electrons. The van der Waals surface area contributed by atoms with E-state index in [2.05, 4.69) is 15.6 Å². The van der Waals surface area contributed by atoms with Crippen LogP contribution >= 0.6 is 24.0 Å². The zero-order chi connectivity index (χ0) is 20.5. The van der Waals surface area contributed by atoms with Crippen LogP contribution in [-0.2, 0) is 24.9 Å². The van der Waals surface area contributed by atoms with Crippen LogP contribution < -0.4 is 10.1 Å². The molecule has 3 heterocycles. The highest BCUT2D eigenvalue weighted by atomic mass is 35.5. The standard InChI is InChI=1S/C19H22ClF2N5O2.ClH/c1-26-18(19(21)22)14(24-25-26)10-29-15-5-4-12(20)11-6-7-23-13(17(11)15)9-27-8-2-3-16(27)28;/h4-5,13,19,23H,2-3,6-10H2,1H3;1H. The molecule has 0 bridgehead atoms. The van der Waals surface area contributed by atoms with Crippen LogP contribution in [0.3, 0.4) is 0 Å². The SMILES string of the molecule is Cl.Cn1nnc(COc2ccc(Cl)c3c2C(CN2CCCC2=O)NCC3)c1C(F)F. The van der Waals surface area contributed by atoms with Crippen LogP contribution in [0, 0.1) is 0 Å². The summed E-state index contributed by atoms with van der Waals surface area (Å²) in [5.41, 5.74) is 1.69. The maximum absolute atomic E-state index is 13.3. The minimum atomic E-state index is -2.69. The predicted molar refractivity (Wildman–Crippen MR) is 109 cm³/mol. The first-order valence-corrected chi connectivity index (χ1v) is 9.95. The first-order chi connectivity index (χ1) is 14.0. The second-order valence-corrected chi connectivity index (χ2v) is 7.68. The fourth-order valence-electron chi connectivity index (χ4n) is 4.05. The van der Waals surface area contributed by atoms with E-state index in [9.17, 15) is 13.6 Å². The molecule has 7 nitrogen and oxygen atoms in total. The maximum Gasteiger partial charge on any atom is 0.282 e. The minimum Gasteiger partial charge on any atom is -0.487 e. The Bertz CT molecular complexity index is 925. The highest BCUT2D eigenvalue weighted by Crippen LogP contribution is 2.37. The molecule has 1 fully saturated rings. The van der Waals surface area contributed by atoms with Crippen molar-refractivity contribution in [2.45, 2.75) is 38.3 Å². The molecular formula is C19H23Cl2F2N5O2. The van der Waals surface area contributed by atoms with Crippen molar-refractivity contribution < 1.29 is 18.3 Å². The van der Waals surface area contributed by atoms with Crippen LogP contribution in [0.25, 0.3) is 0 Å². The zero-order valence-corrected chi connectivity index (χ0v) is 18.0. The largest absolute Gasteiger partial charge is 0.487 e. The molecule has 4 rings (SSSR count). The number of halogens is 4. The molecule has 0 aliphatic carbocycles. The molecule has 2 aliphatic heterocycles. The number of hydrogen-bond acceptors (Lipinski definition) is 5. The smallest absolute Gasteiger partial charge is 0.282 e. The molecule has 1 N–H and O–H groups in total. The van der Waals surface area contributed by atoms with Gasteiger partial charge in [0.2, 0.25) is 5.91 Å². The van der Waals surface area contributed by atoms with E-state index in [1.165, 1.54) is 7.05 Å². The number of nitrogens with one attached hydrogen (secondary N) is 1. The van der Waals surface area contributed by atoms with Gasteiger partial charge in [-0.2, -0.15) is 0 Å². The number of nitrogens with zero attached hydrogens (tertiary/aromatic N) is 4. The Labute approximate surface area is 184 Å². The number of ether oxygens (including phenoxy) is 1. The Morgan fingerprint density at radius 1 is 1.37 bits per heavy atom. The fourth-order valence-corrected chi connectivity index (χ4v) is 4.31. The van der Waals surface area contributed by atoms with Gasteiger partial charge >= 0.3 is 0 Å². The Hall–Kier alpha value is -1.97. The van der Waals surface area contributed by atoms with Gasteiger partial charge in [-0.05, 0) is 37.1 Å². The summed E-state index contributed by atoms with van der Waals surface area (Å²) in [6.45, 7) is 1.87. The lowest BCUT2D eigenvalue weighted by Gasteiger charge is -2.32. The summed E-state index contributed by atoms with van der Waals surface area (Å²) in [5, 5.41) is 11.6. The Morgan fingerprint density at radius 2 is 2.17 bits per heavy atom. The van der Waals surface area contributed by atoms with E-state index in [1.807, 2.05) is 4.90 Å². The summed E-state index contributed by atoms with van der Waals surface area (Å²) in [6.07, 6.45) is -0.533. The Balaban J connectivity index is 0.00000256. The zero-order valence-electron chi connectivity index (χ0n) is 16.4. The molecule has 1 atom stereocenters. The van der Waals surface area contributed by atoms with Crippen molar-refractivity contribution in [2.75, 3.05) is 19.6 Å². The summed E-state index contributed by atoms with van der Waals surface area (Å²) in [5.74, 6) is 0.698. The minimum absolute atomic E-state index is 0. The highest BCUT2D eigenvalue weighted by molar-refractivity contribution is 6.31. The van der Waals surface area contributed by atoms with Gasteiger partial charge in [0.15, 0.2) is 0 Å².